The Kier molecular flexibility index (Phi) is 3.10. The molecule has 0 saturated carbocycles. The van der Waals surface area contributed by atoms with Crippen molar-refractivity contribution in [1.82, 2.24) is 9.78 Å². The summed E-state index contributed by atoms with van der Waals surface area (Å²) in [5.74, 6) is 2.04. The number of aromatic nitrogens is 2. The molecule has 0 bridgehead atoms. The first-order valence-corrected chi connectivity index (χ1v) is 5.87. The minimum atomic E-state index is -0.0935. The Labute approximate surface area is 87.8 Å². The summed E-state index contributed by atoms with van der Waals surface area (Å²) < 4.78 is 7.38. The summed E-state index contributed by atoms with van der Waals surface area (Å²) in [5.41, 5.74) is 6.99. The molecular weight excluding hydrogens is 198 g/mol. The molecule has 2 N–H and O–H groups in total. The summed E-state index contributed by atoms with van der Waals surface area (Å²) in [5, 5.41) is 4.29. The Morgan fingerprint density at radius 3 is 3.21 bits per heavy atom. The van der Waals surface area contributed by atoms with Gasteiger partial charge in [-0.2, -0.15) is 16.9 Å². The topological polar surface area (TPSA) is 53.1 Å². The first kappa shape index (κ1) is 10.0. The quantitative estimate of drug-likeness (QED) is 0.779. The van der Waals surface area contributed by atoms with Gasteiger partial charge in [0.05, 0.1) is 24.4 Å². The van der Waals surface area contributed by atoms with Gasteiger partial charge in [0.15, 0.2) is 0 Å². The standard InChI is InChI=1S/C9H15N3OS/c1-12-3-2-7(11-12)9(10)8-6-14-5-4-13-8/h2-3,8-9H,4-6,10H2,1H3. The molecule has 0 spiro atoms. The highest BCUT2D eigenvalue weighted by atomic mass is 32.2. The number of nitrogens with two attached hydrogens (primary N) is 1. The van der Waals surface area contributed by atoms with E-state index in [1.807, 2.05) is 31.1 Å². The van der Waals surface area contributed by atoms with Crippen molar-refractivity contribution in [2.24, 2.45) is 12.8 Å². The highest BCUT2D eigenvalue weighted by molar-refractivity contribution is 7.99. The van der Waals surface area contributed by atoms with Crippen LogP contribution in [0, 0.1) is 0 Å². The lowest BCUT2D eigenvalue weighted by molar-refractivity contribution is 0.0558. The van der Waals surface area contributed by atoms with Crippen LogP contribution in [0.2, 0.25) is 0 Å². The molecule has 14 heavy (non-hydrogen) atoms. The van der Waals surface area contributed by atoms with Crippen LogP contribution in [-0.2, 0) is 11.8 Å². The van der Waals surface area contributed by atoms with Gasteiger partial charge in [0, 0.05) is 24.8 Å². The van der Waals surface area contributed by atoms with Crippen LogP contribution in [0.1, 0.15) is 11.7 Å². The number of rotatable bonds is 2. The maximum Gasteiger partial charge on any atom is 0.0874 e. The molecule has 0 aliphatic carbocycles. The van der Waals surface area contributed by atoms with Gasteiger partial charge in [0.2, 0.25) is 0 Å². The van der Waals surface area contributed by atoms with Gasteiger partial charge in [-0.15, -0.1) is 0 Å². The smallest absolute Gasteiger partial charge is 0.0874 e. The summed E-state index contributed by atoms with van der Waals surface area (Å²) in [4.78, 5) is 0. The predicted molar refractivity (Wildman–Crippen MR) is 57.2 cm³/mol. The Bertz CT molecular complexity index is 296. The number of hydrogen-bond acceptors (Lipinski definition) is 4. The van der Waals surface area contributed by atoms with Crippen LogP contribution in [0.15, 0.2) is 12.3 Å². The van der Waals surface area contributed by atoms with Crippen LogP contribution in [0.4, 0.5) is 0 Å². The molecular formula is C9H15N3OS. The van der Waals surface area contributed by atoms with Crippen molar-refractivity contribution in [3.63, 3.8) is 0 Å². The zero-order chi connectivity index (χ0) is 9.97. The van der Waals surface area contributed by atoms with E-state index in [9.17, 15) is 0 Å². The number of ether oxygens (including phenoxy) is 1. The lowest BCUT2D eigenvalue weighted by Gasteiger charge is -2.26. The molecule has 4 nitrogen and oxygen atoms in total. The SMILES string of the molecule is Cn1ccc(C(N)C2CSCCO2)n1. The van der Waals surface area contributed by atoms with E-state index in [0.29, 0.717) is 0 Å². The zero-order valence-corrected chi connectivity index (χ0v) is 9.04. The lowest BCUT2D eigenvalue weighted by Crippen LogP contribution is -2.34. The fourth-order valence-corrected chi connectivity index (χ4v) is 2.43. The van der Waals surface area contributed by atoms with Crippen molar-refractivity contribution in [2.75, 3.05) is 18.1 Å². The van der Waals surface area contributed by atoms with Crippen molar-refractivity contribution < 1.29 is 4.74 Å². The van der Waals surface area contributed by atoms with Crippen LogP contribution < -0.4 is 5.73 Å². The molecule has 1 saturated heterocycles. The third-order valence-corrected chi connectivity index (χ3v) is 3.34. The summed E-state index contributed by atoms with van der Waals surface area (Å²) in [6, 6.07) is 1.86. The van der Waals surface area contributed by atoms with E-state index in [4.69, 9.17) is 10.5 Å². The summed E-state index contributed by atoms with van der Waals surface area (Å²) in [7, 11) is 1.90. The van der Waals surface area contributed by atoms with Gasteiger partial charge in [-0.25, -0.2) is 0 Å². The summed E-state index contributed by atoms with van der Waals surface area (Å²) in [6.07, 6.45) is 2.02. The van der Waals surface area contributed by atoms with Crippen molar-refractivity contribution in [2.45, 2.75) is 12.1 Å². The van der Waals surface area contributed by atoms with Gasteiger partial charge in [-0.05, 0) is 6.07 Å². The van der Waals surface area contributed by atoms with Crippen molar-refractivity contribution >= 4 is 11.8 Å². The third-order valence-electron chi connectivity index (χ3n) is 2.32. The van der Waals surface area contributed by atoms with Gasteiger partial charge >= 0.3 is 0 Å². The highest BCUT2D eigenvalue weighted by Gasteiger charge is 2.24. The zero-order valence-electron chi connectivity index (χ0n) is 8.22. The first-order valence-electron chi connectivity index (χ1n) is 4.72. The largest absolute Gasteiger partial charge is 0.374 e. The Morgan fingerprint density at radius 1 is 1.79 bits per heavy atom. The van der Waals surface area contributed by atoms with Gasteiger partial charge in [-0.3, -0.25) is 4.68 Å². The van der Waals surface area contributed by atoms with E-state index in [1.165, 1.54) is 0 Å². The Balaban J connectivity index is 2.03. The number of thioether (sulfide) groups is 1. The maximum absolute atomic E-state index is 6.07. The summed E-state index contributed by atoms with van der Waals surface area (Å²) in [6.45, 7) is 0.801. The van der Waals surface area contributed by atoms with Crippen LogP contribution >= 0.6 is 11.8 Å². The fraction of sp³-hybridized carbons (Fsp3) is 0.667. The van der Waals surface area contributed by atoms with E-state index < -0.39 is 0 Å². The van der Waals surface area contributed by atoms with E-state index in [2.05, 4.69) is 5.10 Å². The molecule has 1 fully saturated rings. The number of nitrogens with zero attached hydrogens (tertiary/aromatic N) is 2. The molecule has 1 aromatic heterocycles. The third kappa shape index (κ3) is 2.10. The van der Waals surface area contributed by atoms with Crippen LogP contribution in [-0.4, -0.2) is 34.0 Å². The van der Waals surface area contributed by atoms with Crippen molar-refractivity contribution in [3.05, 3.63) is 18.0 Å². The fourth-order valence-electron chi connectivity index (χ4n) is 1.51. The molecule has 0 radical (unpaired) electrons. The van der Waals surface area contributed by atoms with Crippen molar-refractivity contribution in [1.29, 1.82) is 0 Å². The minimum absolute atomic E-state index is 0.0935. The first-order chi connectivity index (χ1) is 6.77. The maximum atomic E-state index is 6.07. The minimum Gasteiger partial charge on any atom is -0.374 e. The van der Waals surface area contributed by atoms with Gasteiger partial charge in [0.1, 0.15) is 0 Å². The van der Waals surface area contributed by atoms with Gasteiger partial charge in [-0.1, -0.05) is 0 Å². The van der Waals surface area contributed by atoms with Crippen LogP contribution in [0.25, 0.3) is 0 Å². The molecule has 5 heteroatoms. The average Bonchev–Trinajstić information content (AvgIpc) is 2.65. The van der Waals surface area contributed by atoms with Gasteiger partial charge in [0.25, 0.3) is 0 Å². The summed E-state index contributed by atoms with van der Waals surface area (Å²) >= 11 is 1.89. The average molecular weight is 213 g/mol. The van der Waals surface area contributed by atoms with E-state index >= 15 is 0 Å². The predicted octanol–water partition coefficient (Wildman–Crippen LogP) is 0.552. The van der Waals surface area contributed by atoms with Crippen LogP contribution in [0.3, 0.4) is 0 Å². The second-order valence-corrected chi connectivity index (χ2v) is 4.57. The Hall–Kier alpha value is -0.520. The van der Waals surface area contributed by atoms with Gasteiger partial charge < -0.3 is 10.5 Å². The molecule has 0 amide bonds. The molecule has 2 unspecified atom stereocenters. The second-order valence-electron chi connectivity index (χ2n) is 3.42. The van der Waals surface area contributed by atoms with Crippen LogP contribution in [0.5, 0.6) is 0 Å². The second kappa shape index (κ2) is 4.33. The monoisotopic (exact) mass is 213 g/mol. The molecule has 78 valence electrons. The van der Waals surface area contributed by atoms with E-state index in [-0.39, 0.29) is 12.1 Å². The van der Waals surface area contributed by atoms with Crippen molar-refractivity contribution in [3.8, 4) is 0 Å². The molecule has 1 aliphatic rings. The number of aryl methyl sites for hydroxylation is 1. The molecule has 2 rings (SSSR count). The van der Waals surface area contributed by atoms with E-state index in [0.717, 1.165) is 23.8 Å². The molecule has 0 aromatic carbocycles. The molecule has 2 heterocycles. The highest BCUT2D eigenvalue weighted by Crippen LogP contribution is 2.22. The normalized spacial score (nSPS) is 24.9. The molecule has 2 atom stereocenters. The molecule has 1 aromatic rings. The number of hydrogen-bond donors (Lipinski definition) is 1. The lowest BCUT2D eigenvalue weighted by atomic mass is 10.1. The molecule has 1 aliphatic heterocycles. The van der Waals surface area contributed by atoms with E-state index in [1.54, 1.807) is 4.68 Å². The Morgan fingerprint density at radius 2 is 2.64 bits per heavy atom.